The third-order valence-electron chi connectivity index (χ3n) is 3.58. The van der Waals surface area contributed by atoms with Gasteiger partial charge >= 0.3 is 0 Å². The van der Waals surface area contributed by atoms with Gasteiger partial charge in [0.2, 0.25) is 0 Å². The summed E-state index contributed by atoms with van der Waals surface area (Å²) in [6, 6.07) is 10.6. The Morgan fingerprint density at radius 1 is 1.00 bits per heavy atom. The normalized spacial score (nSPS) is 11.0. The molecule has 0 radical (unpaired) electrons. The number of aromatic nitrogens is 4. The molecule has 0 aliphatic carbocycles. The molecule has 2 aromatic heterocycles. The van der Waals surface area contributed by atoms with Crippen LogP contribution in [0.2, 0.25) is 0 Å². The van der Waals surface area contributed by atoms with Gasteiger partial charge in [0.25, 0.3) is 0 Å². The summed E-state index contributed by atoms with van der Waals surface area (Å²) in [5, 5.41) is 4.18. The summed E-state index contributed by atoms with van der Waals surface area (Å²) >= 11 is 0. The Morgan fingerprint density at radius 3 is 2.45 bits per heavy atom. The molecule has 3 rings (SSSR count). The van der Waals surface area contributed by atoms with E-state index >= 15 is 0 Å². The molecule has 0 aliphatic heterocycles. The maximum Gasteiger partial charge on any atom is 0.138 e. The van der Waals surface area contributed by atoms with Crippen molar-refractivity contribution in [1.82, 2.24) is 24.6 Å². The van der Waals surface area contributed by atoms with Crippen LogP contribution in [-0.4, -0.2) is 31.7 Å². The molecule has 0 aliphatic rings. The second-order valence-electron chi connectivity index (χ2n) is 5.49. The number of rotatable bonds is 5. The molecule has 0 bridgehead atoms. The van der Waals surface area contributed by atoms with Crippen LogP contribution in [0.4, 0.5) is 0 Å². The third-order valence-corrected chi connectivity index (χ3v) is 3.58. The second kappa shape index (κ2) is 6.49. The van der Waals surface area contributed by atoms with Crippen LogP contribution in [0.5, 0.6) is 0 Å². The second-order valence-corrected chi connectivity index (χ2v) is 5.49. The van der Waals surface area contributed by atoms with Gasteiger partial charge in [-0.05, 0) is 48.9 Å². The van der Waals surface area contributed by atoms with Crippen LogP contribution in [0.25, 0.3) is 5.69 Å². The van der Waals surface area contributed by atoms with Crippen molar-refractivity contribution >= 4 is 0 Å². The summed E-state index contributed by atoms with van der Waals surface area (Å²) < 4.78 is 1.79. The fourth-order valence-corrected chi connectivity index (χ4v) is 2.57. The Bertz CT molecular complexity index is 722. The molecule has 0 N–H and O–H groups in total. The van der Waals surface area contributed by atoms with Crippen molar-refractivity contribution in [2.45, 2.75) is 20.0 Å². The van der Waals surface area contributed by atoms with Gasteiger partial charge in [-0.25, -0.2) is 9.67 Å². The minimum Gasteiger partial charge on any atom is -0.298 e. The monoisotopic (exact) mass is 293 g/mol. The van der Waals surface area contributed by atoms with Crippen LogP contribution in [0.1, 0.15) is 16.7 Å². The number of benzene rings is 1. The van der Waals surface area contributed by atoms with Gasteiger partial charge in [0.1, 0.15) is 12.7 Å². The number of hydrogen-bond donors (Lipinski definition) is 0. The molecule has 5 nitrogen and oxygen atoms in total. The Kier molecular flexibility index (Phi) is 4.25. The zero-order chi connectivity index (χ0) is 15.4. The van der Waals surface area contributed by atoms with Gasteiger partial charge in [-0.3, -0.25) is 9.88 Å². The molecular weight excluding hydrogens is 274 g/mol. The van der Waals surface area contributed by atoms with E-state index in [1.807, 2.05) is 12.4 Å². The van der Waals surface area contributed by atoms with Crippen LogP contribution >= 0.6 is 0 Å². The average Bonchev–Trinajstić information content (AvgIpc) is 3.02. The van der Waals surface area contributed by atoms with E-state index < -0.39 is 0 Å². The van der Waals surface area contributed by atoms with Gasteiger partial charge in [0.05, 0.1) is 5.69 Å². The van der Waals surface area contributed by atoms with Crippen LogP contribution in [0, 0.1) is 6.92 Å². The summed E-state index contributed by atoms with van der Waals surface area (Å²) in [4.78, 5) is 10.3. The number of aryl methyl sites for hydroxylation is 1. The first-order valence-electron chi connectivity index (χ1n) is 7.24. The predicted molar refractivity (Wildman–Crippen MR) is 85.5 cm³/mol. The molecule has 112 valence electrons. The average molecular weight is 293 g/mol. The van der Waals surface area contributed by atoms with Crippen molar-refractivity contribution < 1.29 is 0 Å². The zero-order valence-electron chi connectivity index (χ0n) is 12.8. The Labute approximate surface area is 130 Å². The van der Waals surface area contributed by atoms with E-state index in [1.54, 1.807) is 17.3 Å². The molecule has 1 aromatic carbocycles. The van der Waals surface area contributed by atoms with Gasteiger partial charge < -0.3 is 0 Å². The lowest BCUT2D eigenvalue weighted by atomic mass is 10.1. The first-order valence-corrected chi connectivity index (χ1v) is 7.24. The Hall–Kier alpha value is -2.53. The summed E-state index contributed by atoms with van der Waals surface area (Å²) in [5.74, 6) is 0. The summed E-state index contributed by atoms with van der Waals surface area (Å²) in [5.41, 5.74) is 4.82. The van der Waals surface area contributed by atoms with Crippen molar-refractivity contribution in [2.75, 3.05) is 7.05 Å². The highest BCUT2D eigenvalue weighted by atomic mass is 15.3. The van der Waals surface area contributed by atoms with E-state index in [0.717, 1.165) is 18.8 Å². The first-order chi connectivity index (χ1) is 10.7. The SMILES string of the molecule is Cc1cc(CN(C)Cc2ccncc2)ccc1-n1cncn1. The minimum absolute atomic E-state index is 0.904. The molecule has 0 amide bonds. The lowest BCUT2D eigenvalue weighted by molar-refractivity contribution is 0.319. The quantitative estimate of drug-likeness (QED) is 0.725. The summed E-state index contributed by atoms with van der Waals surface area (Å²) in [6.07, 6.45) is 6.94. The van der Waals surface area contributed by atoms with Crippen molar-refractivity contribution in [3.63, 3.8) is 0 Å². The highest BCUT2D eigenvalue weighted by Gasteiger charge is 2.06. The Morgan fingerprint density at radius 2 is 1.77 bits per heavy atom. The maximum atomic E-state index is 4.18. The molecule has 0 atom stereocenters. The van der Waals surface area contributed by atoms with Gasteiger partial charge in [-0.2, -0.15) is 5.10 Å². The van der Waals surface area contributed by atoms with Crippen molar-refractivity contribution in [2.24, 2.45) is 0 Å². The zero-order valence-corrected chi connectivity index (χ0v) is 12.8. The fourth-order valence-electron chi connectivity index (χ4n) is 2.57. The molecule has 2 heterocycles. The van der Waals surface area contributed by atoms with Crippen LogP contribution < -0.4 is 0 Å². The highest BCUT2D eigenvalue weighted by molar-refractivity contribution is 5.41. The van der Waals surface area contributed by atoms with Crippen LogP contribution in [0.15, 0.2) is 55.4 Å². The van der Waals surface area contributed by atoms with E-state index in [4.69, 9.17) is 0 Å². The molecule has 5 heteroatoms. The third kappa shape index (κ3) is 3.38. The smallest absolute Gasteiger partial charge is 0.138 e. The molecule has 0 saturated heterocycles. The molecule has 22 heavy (non-hydrogen) atoms. The molecule has 3 aromatic rings. The topological polar surface area (TPSA) is 46.8 Å². The van der Waals surface area contributed by atoms with Crippen molar-refractivity contribution in [3.8, 4) is 5.69 Å². The summed E-state index contributed by atoms with van der Waals surface area (Å²) in [6.45, 7) is 3.91. The largest absolute Gasteiger partial charge is 0.298 e. The molecule has 0 saturated carbocycles. The van der Waals surface area contributed by atoms with Gasteiger partial charge in [0, 0.05) is 25.5 Å². The number of hydrogen-bond acceptors (Lipinski definition) is 4. The molecule has 0 unspecified atom stereocenters. The van der Waals surface area contributed by atoms with Crippen molar-refractivity contribution in [1.29, 1.82) is 0 Å². The summed E-state index contributed by atoms with van der Waals surface area (Å²) in [7, 11) is 2.13. The Balaban J connectivity index is 1.69. The highest BCUT2D eigenvalue weighted by Crippen LogP contribution is 2.16. The standard InChI is InChI=1S/C17H19N5/c1-14-9-16(3-4-17(14)22-13-19-12-20-22)11-21(2)10-15-5-7-18-8-6-15/h3-9,12-13H,10-11H2,1-2H3. The van der Waals surface area contributed by atoms with Crippen LogP contribution in [-0.2, 0) is 13.1 Å². The molecule has 0 spiro atoms. The van der Waals surface area contributed by atoms with Crippen LogP contribution in [0.3, 0.4) is 0 Å². The van der Waals surface area contributed by atoms with Gasteiger partial charge in [0.15, 0.2) is 0 Å². The van der Waals surface area contributed by atoms with E-state index in [-0.39, 0.29) is 0 Å². The van der Waals surface area contributed by atoms with Gasteiger partial charge in [-0.1, -0.05) is 12.1 Å². The predicted octanol–water partition coefficient (Wildman–Crippen LogP) is 2.60. The van der Waals surface area contributed by atoms with E-state index in [1.165, 1.54) is 16.7 Å². The minimum atomic E-state index is 0.904. The van der Waals surface area contributed by atoms with E-state index in [9.17, 15) is 0 Å². The van der Waals surface area contributed by atoms with E-state index in [2.05, 4.69) is 64.3 Å². The van der Waals surface area contributed by atoms with Gasteiger partial charge in [-0.15, -0.1) is 0 Å². The number of pyridine rings is 1. The van der Waals surface area contributed by atoms with E-state index in [0.29, 0.717) is 0 Å². The van der Waals surface area contributed by atoms with Crippen molar-refractivity contribution in [3.05, 3.63) is 72.1 Å². The lowest BCUT2D eigenvalue weighted by Crippen LogP contribution is -2.17. The molecule has 0 fully saturated rings. The molecular formula is C17H19N5. The maximum absolute atomic E-state index is 4.18. The first kappa shape index (κ1) is 14.4. The lowest BCUT2D eigenvalue weighted by Gasteiger charge is -2.17. The number of nitrogens with zero attached hydrogens (tertiary/aromatic N) is 5. The fraction of sp³-hybridized carbons (Fsp3) is 0.235.